The molecule has 0 aliphatic carbocycles. The van der Waals surface area contributed by atoms with Gasteiger partial charge in [0.05, 0.1) is 0 Å². The molecule has 26 heavy (non-hydrogen) atoms. The zero-order valence-electron chi connectivity index (χ0n) is 11.8. The average molecular weight is 447 g/mol. The molecule has 1 heterocycles. The molecular formula is C15H12K2O7S2. The summed E-state index contributed by atoms with van der Waals surface area (Å²) in [5, 5.41) is 29.6. The van der Waals surface area contributed by atoms with Crippen molar-refractivity contribution in [1.82, 2.24) is 0 Å². The first-order valence-corrected chi connectivity index (χ1v) is 7.18. The Morgan fingerprint density at radius 2 is 1.62 bits per heavy atom. The third kappa shape index (κ3) is 4.78. The van der Waals surface area contributed by atoms with Crippen molar-refractivity contribution in [1.29, 1.82) is 0 Å². The number of phenols is 2. The van der Waals surface area contributed by atoms with E-state index in [2.05, 4.69) is 30.0 Å². The second-order valence-electron chi connectivity index (χ2n) is 4.79. The predicted molar refractivity (Wildman–Crippen MR) is 106 cm³/mol. The summed E-state index contributed by atoms with van der Waals surface area (Å²) in [5.74, 6) is -1.35. The fourth-order valence-corrected chi connectivity index (χ4v) is 2.51. The number of hydrogen-bond acceptors (Lipinski definition) is 9. The first-order valence-electron chi connectivity index (χ1n) is 6.45. The molecule has 0 aliphatic heterocycles. The van der Waals surface area contributed by atoms with Crippen LogP contribution in [0.2, 0.25) is 0 Å². The molecule has 2 aromatic carbocycles. The van der Waals surface area contributed by atoms with Crippen LogP contribution in [0, 0.1) is 0 Å². The normalized spacial score (nSPS) is 9.92. The van der Waals surface area contributed by atoms with Crippen LogP contribution in [0.25, 0.3) is 22.3 Å². The molecular weight excluding hydrogens is 434 g/mol. The van der Waals surface area contributed by atoms with Crippen LogP contribution >= 0.6 is 25.8 Å². The Bertz CT molecular complexity index is 1010. The van der Waals surface area contributed by atoms with Gasteiger partial charge in [-0.15, -0.1) is 0 Å². The summed E-state index contributed by atoms with van der Waals surface area (Å²) < 4.78 is 14.9. The molecule has 0 saturated carbocycles. The first-order chi connectivity index (χ1) is 11.5. The molecule has 11 heteroatoms. The van der Waals surface area contributed by atoms with Crippen LogP contribution in [0.15, 0.2) is 39.5 Å². The number of phenolic OH excluding ortho intramolecular Hbond substituents is 2. The van der Waals surface area contributed by atoms with E-state index in [1.54, 1.807) is 0 Å². The number of thiol groups is 2. The molecule has 0 amide bonds. The summed E-state index contributed by atoms with van der Waals surface area (Å²) in [5.41, 5.74) is -0.635. The van der Waals surface area contributed by atoms with E-state index in [1.807, 2.05) is 0 Å². The molecule has 0 spiro atoms. The minimum absolute atomic E-state index is 0. The number of benzene rings is 2. The first kappa shape index (κ1) is 24.7. The summed E-state index contributed by atoms with van der Waals surface area (Å²) in [6.45, 7) is 0. The third-order valence-electron chi connectivity index (χ3n) is 3.35. The summed E-state index contributed by atoms with van der Waals surface area (Å²) in [7, 11) is 0. The molecule has 7 nitrogen and oxygen atoms in total. The van der Waals surface area contributed by atoms with Gasteiger partial charge in [-0.2, -0.15) is 0 Å². The zero-order valence-corrected chi connectivity index (χ0v) is 13.5. The van der Waals surface area contributed by atoms with E-state index in [0.717, 1.165) is 6.07 Å². The van der Waals surface area contributed by atoms with Crippen LogP contribution in [-0.2, 0) is 0 Å². The molecule has 128 valence electrons. The van der Waals surface area contributed by atoms with Crippen LogP contribution in [0.4, 0.5) is 0 Å². The van der Waals surface area contributed by atoms with Crippen molar-refractivity contribution in [3.8, 4) is 40.1 Å². The Labute approximate surface area is 243 Å². The van der Waals surface area contributed by atoms with Crippen molar-refractivity contribution in [2.45, 2.75) is 0 Å². The van der Waals surface area contributed by atoms with E-state index in [1.165, 1.54) is 24.3 Å². The molecule has 0 unspecified atom stereocenters. The van der Waals surface area contributed by atoms with Crippen LogP contribution in [-0.4, -0.2) is 118 Å². The summed E-state index contributed by atoms with van der Waals surface area (Å²) in [6.07, 6.45) is 0. The van der Waals surface area contributed by atoms with Gasteiger partial charge in [-0.1, -0.05) is 0 Å². The molecule has 3 aromatic rings. The molecule has 0 saturated heterocycles. The van der Waals surface area contributed by atoms with Gasteiger partial charge in [0, 0.05) is 43.5 Å². The number of aromatic hydroxyl groups is 3. The Morgan fingerprint density at radius 3 is 2.19 bits per heavy atom. The van der Waals surface area contributed by atoms with Gasteiger partial charge in [0.2, 0.25) is 11.2 Å². The van der Waals surface area contributed by atoms with E-state index in [-0.39, 0.29) is 142 Å². The fourth-order valence-electron chi connectivity index (χ4n) is 2.25. The molecule has 3 rings (SSSR count). The molecule has 0 atom stereocenters. The van der Waals surface area contributed by atoms with Gasteiger partial charge in [-0.3, -0.25) is 4.79 Å². The van der Waals surface area contributed by atoms with E-state index in [9.17, 15) is 20.1 Å². The Balaban J connectivity index is 0.00000169. The van der Waals surface area contributed by atoms with Crippen molar-refractivity contribution in [2.24, 2.45) is 0 Å². The SMILES string of the molecule is O=c1c(O)c(-c2ccc(OS)c(O)c2)oc2cc(OS)cc(O)c12.[KH].[KH]. The molecule has 0 fully saturated rings. The van der Waals surface area contributed by atoms with Crippen molar-refractivity contribution in [3.05, 3.63) is 40.6 Å². The van der Waals surface area contributed by atoms with Gasteiger partial charge in [0.25, 0.3) is 0 Å². The van der Waals surface area contributed by atoms with Crippen molar-refractivity contribution in [3.63, 3.8) is 0 Å². The zero-order chi connectivity index (χ0) is 17.4. The second-order valence-corrected chi connectivity index (χ2v) is 5.15. The fraction of sp³-hybridized carbons (Fsp3) is 0. The van der Waals surface area contributed by atoms with Crippen LogP contribution in [0.5, 0.6) is 28.7 Å². The van der Waals surface area contributed by atoms with Crippen LogP contribution < -0.4 is 13.8 Å². The standard InChI is InChI=1S/C15H10O7S2.2K.2H/c16-8-3-6(1-2-10(8)22-24)15-14(19)13(18)12-9(17)4-7(21-23)5-11(12)20-15;;;;/h1-5,16-17,19,23-24H;;;;. The monoisotopic (exact) mass is 446 g/mol. The number of rotatable bonds is 3. The Hall–Kier alpha value is 0.623. The molecule has 0 radical (unpaired) electrons. The Morgan fingerprint density at radius 1 is 0.923 bits per heavy atom. The van der Waals surface area contributed by atoms with Gasteiger partial charge >= 0.3 is 103 Å². The average Bonchev–Trinajstić information content (AvgIpc) is 2.57. The molecule has 3 N–H and O–H groups in total. The van der Waals surface area contributed by atoms with E-state index in [0.29, 0.717) is 0 Å². The maximum atomic E-state index is 12.3. The topological polar surface area (TPSA) is 109 Å². The number of fused-ring (bicyclic) bond motifs is 1. The summed E-state index contributed by atoms with van der Waals surface area (Å²) in [6, 6.07) is 6.56. The van der Waals surface area contributed by atoms with E-state index < -0.39 is 16.9 Å². The Kier molecular flexibility index (Phi) is 9.88. The third-order valence-corrected chi connectivity index (χ3v) is 3.76. The van der Waals surface area contributed by atoms with E-state index in [4.69, 9.17) is 8.60 Å². The van der Waals surface area contributed by atoms with Gasteiger partial charge < -0.3 is 28.1 Å². The minimum atomic E-state index is -0.830. The van der Waals surface area contributed by atoms with Crippen molar-refractivity contribution >= 4 is 140 Å². The van der Waals surface area contributed by atoms with Crippen LogP contribution in [0.3, 0.4) is 0 Å². The quantitative estimate of drug-likeness (QED) is 0.237. The van der Waals surface area contributed by atoms with Crippen molar-refractivity contribution in [2.75, 3.05) is 0 Å². The maximum absolute atomic E-state index is 12.3. The van der Waals surface area contributed by atoms with Gasteiger partial charge in [0.1, 0.15) is 22.5 Å². The van der Waals surface area contributed by atoms with Gasteiger partial charge in [-0.05, 0) is 18.2 Å². The summed E-state index contributed by atoms with van der Waals surface area (Å²) >= 11 is 7.21. The molecule has 0 aliphatic rings. The van der Waals surface area contributed by atoms with Crippen LogP contribution in [0.1, 0.15) is 0 Å². The second kappa shape index (κ2) is 10.4. The van der Waals surface area contributed by atoms with Gasteiger partial charge in [-0.25, -0.2) is 0 Å². The molecule has 0 bridgehead atoms. The van der Waals surface area contributed by atoms with Gasteiger partial charge in [0.15, 0.2) is 17.3 Å². The van der Waals surface area contributed by atoms with Crippen molar-refractivity contribution < 1.29 is 28.1 Å². The predicted octanol–water partition coefficient (Wildman–Crippen LogP) is 1.73. The summed E-state index contributed by atoms with van der Waals surface area (Å²) in [4.78, 5) is 12.3. The molecule has 1 aromatic heterocycles. The number of hydrogen-bond donors (Lipinski definition) is 5. The van der Waals surface area contributed by atoms with E-state index >= 15 is 0 Å².